The molecule has 2 fully saturated rings. The molecule has 2 aromatic rings. The van der Waals surface area contributed by atoms with Crippen LogP contribution in [0.25, 0.3) is 11.1 Å². The third-order valence-corrected chi connectivity index (χ3v) is 5.86. The van der Waals surface area contributed by atoms with Crippen LogP contribution in [-0.4, -0.2) is 49.7 Å². The summed E-state index contributed by atoms with van der Waals surface area (Å²) in [6.45, 7) is 0.811. The van der Waals surface area contributed by atoms with Gasteiger partial charge in [0, 0.05) is 49.9 Å². The van der Waals surface area contributed by atoms with Crippen molar-refractivity contribution in [3.63, 3.8) is 0 Å². The predicted octanol–water partition coefficient (Wildman–Crippen LogP) is 2.20. The largest absolute Gasteiger partial charge is 0.481 e. The molecular formula is C19H22N4O3. The number of rotatable bonds is 3. The zero-order valence-electron chi connectivity index (χ0n) is 14.8. The van der Waals surface area contributed by atoms with Gasteiger partial charge in [0.2, 0.25) is 0 Å². The van der Waals surface area contributed by atoms with E-state index in [0.29, 0.717) is 25.1 Å². The molecule has 0 aromatic carbocycles. The van der Waals surface area contributed by atoms with Gasteiger partial charge >= 0.3 is 5.97 Å². The first-order valence-corrected chi connectivity index (χ1v) is 8.96. The molecule has 1 N–H and O–H groups in total. The molecule has 2 atom stereocenters. The Hall–Kier alpha value is -2.70. The van der Waals surface area contributed by atoms with Crippen LogP contribution >= 0.6 is 0 Å². The number of carbonyl (C=O) groups excluding carboxylic acids is 1. The number of carboxylic acids is 1. The minimum atomic E-state index is -0.775. The van der Waals surface area contributed by atoms with Crippen molar-refractivity contribution < 1.29 is 14.7 Å². The van der Waals surface area contributed by atoms with Gasteiger partial charge in [0.1, 0.15) is 0 Å². The maximum Gasteiger partial charge on any atom is 0.311 e. The molecule has 4 rings (SSSR count). The topological polar surface area (TPSA) is 88.3 Å². The Morgan fingerprint density at radius 3 is 2.77 bits per heavy atom. The van der Waals surface area contributed by atoms with E-state index in [1.54, 1.807) is 28.2 Å². The van der Waals surface area contributed by atoms with Crippen molar-refractivity contribution in [2.45, 2.75) is 25.7 Å². The van der Waals surface area contributed by atoms with Crippen LogP contribution in [0.3, 0.4) is 0 Å². The molecule has 1 saturated heterocycles. The highest BCUT2D eigenvalue weighted by Gasteiger charge is 2.54. The summed E-state index contributed by atoms with van der Waals surface area (Å²) < 4.78 is 1.70. The molecule has 1 aliphatic carbocycles. The summed E-state index contributed by atoms with van der Waals surface area (Å²) >= 11 is 0. The summed E-state index contributed by atoms with van der Waals surface area (Å²) in [5.41, 5.74) is 1.44. The summed E-state index contributed by atoms with van der Waals surface area (Å²) in [5.74, 6) is -0.856. The Labute approximate surface area is 151 Å². The maximum absolute atomic E-state index is 13.0. The summed E-state index contributed by atoms with van der Waals surface area (Å²) in [4.78, 5) is 30.9. The van der Waals surface area contributed by atoms with Crippen LogP contribution in [0.15, 0.2) is 30.9 Å². The third kappa shape index (κ3) is 2.67. The average Bonchev–Trinajstić information content (AvgIpc) is 3.25. The number of aliphatic carboxylic acids is 1. The van der Waals surface area contributed by atoms with E-state index in [9.17, 15) is 14.7 Å². The fraction of sp³-hybridized carbons (Fsp3) is 0.474. The number of carbonyl (C=O) groups is 2. The summed E-state index contributed by atoms with van der Waals surface area (Å²) in [5, 5.41) is 14.0. The SMILES string of the molecule is Cn1cc(-c2cncc(C(=O)N3C[C@@H]4CCCC[C@]4(C(=O)O)C3)c2)cn1. The lowest BCUT2D eigenvalue weighted by molar-refractivity contribution is -0.152. The summed E-state index contributed by atoms with van der Waals surface area (Å²) in [6, 6.07) is 1.81. The second-order valence-electron chi connectivity index (χ2n) is 7.45. The highest BCUT2D eigenvalue weighted by molar-refractivity contribution is 5.96. The predicted molar refractivity (Wildman–Crippen MR) is 94.4 cm³/mol. The van der Waals surface area contributed by atoms with E-state index in [4.69, 9.17) is 0 Å². The zero-order valence-corrected chi connectivity index (χ0v) is 14.8. The number of nitrogens with zero attached hydrogens (tertiary/aromatic N) is 4. The van der Waals surface area contributed by atoms with E-state index >= 15 is 0 Å². The lowest BCUT2D eigenvalue weighted by Crippen LogP contribution is -2.41. The van der Waals surface area contributed by atoms with Gasteiger partial charge in [0.05, 0.1) is 17.2 Å². The first-order chi connectivity index (χ1) is 12.5. The molecule has 1 aliphatic heterocycles. The number of aryl methyl sites for hydroxylation is 1. The van der Waals surface area contributed by atoms with Gasteiger partial charge in [0.15, 0.2) is 0 Å². The first kappa shape index (κ1) is 16.8. The molecule has 7 heteroatoms. The van der Waals surface area contributed by atoms with Crippen LogP contribution in [-0.2, 0) is 11.8 Å². The van der Waals surface area contributed by atoms with E-state index in [1.807, 2.05) is 19.3 Å². The fourth-order valence-electron chi connectivity index (χ4n) is 4.43. The van der Waals surface area contributed by atoms with Gasteiger partial charge in [-0.05, 0) is 24.8 Å². The van der Waals surface area contributed by atoms with E-state index in [0.717, 1.165) is 30.4 Å². The van der Waals surface area contributed by atoms with Gasteiger partial charge in [-0.3, -0.25) is 19.3 Å². The highest BCUT2D eigenvalue weighted by Crippen LogP contribution is 2.47. The normalized spacial score (nSPS) is 25.1. The van der Waals surface area contributed by atoms with Crippen LogP contribution in [0.2, 0.25) is 0 Å². The fourth-order valence-corrected chi connectivity index (χ4v) is 4.43. The lowest BCUT2D eigenvalue weighted by atomic mass is 9.68. The van der Waals surface area contributed by atoms with Crippen molar-refractivity contribution >= 4 is 11.9 Å². The van der Waals surface area contributed by atoms with Crippen LogP contribution in [0.4, 0.5) is 0 Å². The Morgan fingerprint density at radius 2 is 2.08 bits per heavy atom. The number of amides is 1. The van der Waals surface area contributed by atoms with Crippen LogP contribution < -0.4 is 0 Å². The van der Waals surface area contributed by atoms with Gasteiger partial charge in [-0.1, -0.05) is 12.8 Å². The number of likely N-dealkylation sites (tertiary alicyclic amines) is 1. The van der Waals surface area contributed by atoms with E-state index in [1.165, 1.54) is 0 Å². The van der Waals surface area contributed by atoms with Crippen molar-refractivity contribution in [3.8, 4) is 11.1 Å². The minimum absolute atomic E-state index is 0.0483. The second kappa shape index (κ2) is 6.23. The Kier molecular flexibility index (Phi) is 4.01. The standard InChI is InChI=1S/C19H22N4O3/c1-22-10-15(9-21-22)13-6-14(8-20-7-13)17(24)23-11-16-4-2-3-5-19(16,12-23)18(25)26/h6-10,16H,2-5,11-12H2,1H3,(H,25,26)/t16-,19-/m0/s1. The molecule has 2 aromatic heterocycles. The van der Waals surface area contributed by atoms with Crippen molar-refractivity contribution in [1.82, 2.24) is 19.7 Å². The molecule has 3 heterocycles. The van der Waals surface area contributed by atoms with Crippen molar-refractivity contribution in [2.24, 2.45) is 18.4 Å². The van der Waals surface area contributed by atoms with Crippen molar-refractivity contribution in [1.29, 1.82) is 0 Å². The smallest absolute Gasteiger partial charge is 0.311 e. The molecule has 0 spiro atoms. The van der Waals surface area contributed by atoms with Crippen LogP contribution in [0.5, 0.6) is 0 Å². The molecule has 1 amide bonds. The number of pyridine rings is 1. The van der Waals surface area contributed by atoms with E-state index in [-0.39, 0.29) is 11.8 Å². The van der Waals surface area contributed by atoms with E-state index < -0.39 is 11.4 Å². The van der Waals surface area contributed by atoms with Crippen molar-refractivity contribution in [3.05, 3.63) is 36.4 Å². The first-order valence-electron chi connectivity index (χ1n) is 8.96. The van der Waals surface area contributed by atoms with Crippen LogP contribution in [0.1, 0.15) is 36.0 Å². The Morgan fingerprint density at radius 1 is 1.23 bits per heavy atom. The minimum Gasteiger partial charge on any atom is -0.481 e. The van der Waals surface area contributed by atoms with Gasteiger partial charge in [-0.15, -0.1) is 0 Å². The second-order valence-corrected chi connectivity index (χ2v) is 7.45. The number of fused-ring (bicyclic) bond motifs is 1. The lowest BCUT2D eigenvalue weighted by Gasteiger charge is -2.34. The molecule has 0 radical (unpaired) electrons. The maximum atomic E-state index is 13.0. The number of hydrogen-bond acceptors (Lipinski definition) is 4. The molecule has 136 valence electrons. The monoisotopic (exact) mass is 354 g/mol. The number of aromatic nitrogens is 3. The van der Waals surface area contributed by atoms with E-state index in [2.05, 4.69) is 10.1 Å². The highest BCUT2D eigenvalue weighted by atomic mass is 16.4. The number of carboxylic acid groups (broad SMARTS) is 1. The molecule has 1 saturated carbocycles. The van der Waals surface area contributed by atoms with Gasteiger partial charge in [-0.2, -0.15) is 5.10 Å². The Bertz CT molecular complexity index is 862. The van der Waals surface area contributed by atoms with Crippen molar-refractivity contribution in [2.75, 3.05) is 13.1 Å². The summed E-state index contributed by atoms with van der Waals surface area (Å²) in [6.07, 6.45) is 10.4. The Balaban J connectivity index is 1.60. The molecule has 2 aliphatic rings. The van der Waals surface area contributed by atoms with Gasteiger partial charge < -0.3 is 10.0 Å². The van der Waals surface area contributed by atoms with Gasteiger partial charge in [-0.25, -0.2) is 0 Å². The summed E-state index contributed by atoms with van der Waals surface area (Å²) in [7, 11) is 1.84. The van der Waals surface area contributed by atoms with Gasteiger partial charge in [0.25, 0.3) is 5.91 Å². The molecule has 7 nitrogen and oxygen atoms in total. The average molecular weight is 354 g/mol. The number of hydrogen-bond donors (Lipinski definition) is 1. The molecule has 26 heavy (non-hydrogen) atoms. The third-order valence-electron chi connectivity index (χ3n) is 5.86. The molecular weight excluding hydrogens is 332 g/mol. The molecule has 0 unspecified atom stereocenters. The molecule has 0 bridgehead atoms. The van der Waals surface area contributed by atoms with Crippen LogP contribution in [0, 0.1) is 11.3 Å². The zero-order chi connectivity index (χ0) is 18.3. The quantitative estimate of drug-likeness (QED) is 0.913.